The van der Waals surface area contributed by atoms with E-state index < -0.39 is 0 Å². The van der Waals surface area contributed by atoms with Gasteiger partial charge in [0.25, 0.3) is 5.91 Å². The van der Waals surface area contributed by atoms with Crippen molar-refractivity contribution in [2.75, 3.05) is 12.3 Å². The highest BCUT2D eigenvalue weighted by Gasteiger charge is 2.10. The zero-order chi connectivity index (χ0) is 14.5. The van der Waals surface area contributed by atoms with Crippen LogP contribution in [0.3, 0.4) is 0 Å². The summed E-state index contributed by atoms with van der Waals surface area (Å²) in [5.41, 5.74) is 9.26. The van der Waals surface area contributed by atoms with E-state index in [1.807, 2.05) is 31.2 Å². The Morgan fingerprint density at radius 2 is 1.90 bits per heavy atom. The van der Waals surface area contributed by atoms with Crippen molar-refractivity contribution in [3.8, 4) is 0 Å². The molecule has 1 amide bonds. The van der Waals surface area contributed by atoms with Crippen molar-refractivity contribution in [3.63, 3.8) is 0 Å². The minimum absolute atomic E-state index is 0.0594. The van der Waals surface area contributed by atoms with Crippen molar-refractivity contribution in [3.05, 3.63) is 65.2 Å². The van der Waals surface area contributed by atoms with Crippen LogP contribution in [0.2, 0.25) is 0 Å². The summed E-state index contributed by atoms with van der Waals surface area (Å²) in [5, 5.41) is 2.96. The van der Waals surface area contributed by atoms with Crippen molar-refractivity contribution in [2.24, 2.45) is 0 Å². The van der Waals surface area contributed by atoms with Crippen LogP contribution in [0.15, 0.2) is 48.5 Å². The molecule has 0 aromatic heterocycles. The molecule has 0 bridgehead atoms. The van der Waals surface area contributed by atoms with E-state index in [1.165, 1.54) is 5.56 Å². The highest BCUT2D eigenvalue weighted by atomic mass is 16.1. The Morgan fingerprint density at radius 1 is 1.20 bits per heavy atom. The average molecular weight is 268 g/mol. The van der Waals surface area contributed by atoms with Gasteiger partial charge in [-0.1, -0.05) is 37.3 Å². The maximum absolute atomic E-state index is 12.1. The van der Waals surface area contributed by atoms with E-state index >= 15 is 0 Å². The second-order valence-electron chi connectivity index (χ2n) is 5.09. The Kier molecular flexibility index (Phi) is 4.41. The molecule has 0 saturated carbocycles. The smallest absolute Gasteiger partial charge is 0.251 e. The zero-order valence-electron chi connectivity index (χ0n) is 11.9. The molecule has 104 valence electrons. The Balaban J connectivity index is 1.97. The predicted molar refractivity (Wildman–Crippen MR) is 82.8 cm³/mol. The molecule has 0 aliphatic carbocycles. The molecule has 2 aromatic carbocycles. The number of hydrogen-bond donors (Lipinski definition) is 2. The fourth-order valence-electron chi connectivity index (χ4n) is 2.06. The van der Waals surface area contributed by atoms with Crippen LogP contribution in [-0.4, -0.2) is 12.5 Å². The number of benzene rings is 2. The van der Waals surface area contributed by atoms with Crippen LogP contribution in [0.4, 0.5) is 5.69 Å². The van der Waals surface area contributed by atoms with Crippen LogP contribution >= 0.6 is 0 Å². The molecule has 3 N–H and O–H groups in total. The summed E-state index contributed by atoms with van der Waals surface area (Å²) in [4.78, 5) is 12.1. The van der Waals surface area contributed by atoms with Crippen molar-refractivity contribution >= 4 is 11.6 Å². The number of aryl methyl sites for hydroxylation is 1. The zero-order valence-corrected chi connectivity index (χ0v) is 11.9. The first kappa shape index (κ1) is 14.1. The summed E-state index contributed by atoms with van der Waals surface area (Å²) in [7, 11) is 0. The number of nitrogen functional groups attached to an aromatic ring is 1. The molecule has 20 heavy (non-hydrogen) atoms. The topological polar surface area (TPSA) is 55.1 Å². The number of hydrogen-bond acceptors (Lipinski definition) is 2. The highest BCUT2D eigenvalue weighted by Crippen LogP contribution is 2.15. The fourth-order valence-corrected chi connectivity index (χ4v) is 2.06. The standard InChI is InChI=1S/C17H20N2O/c1-12-10-15(8-9-16(12)18)17(20)19-11-13(2)14-6-4-3-5-7-14/h3-10,13H,11,18H2,1-2H3,(H,19,20). The summed E-state index contributed by atoms with van der Waals surface area (Å²) in [6.07, 6.45) is 0. The molecule has 0 aliphatic heterocycles. The minimum atomic E-state index is -0.0594. The van der Waals surface area contributed by atoms with Crippen LogP contribution in [-0.2, 0) is 0 Å². The van der Waals surface area contributed by atoms with E-state index in [-0.39, 0.29) is 11.8 Å². The van der Waals surface area contributed by atoms with Crippen LogP contribution in [0.5, 0.6) is 0 Å². The van der Waals surface area contributed by atoms with Gasteiger partial charge in [0, 0.05) is 17.8 Å². The van der Waals surface area contributed by atoms with E-state index in [0.717, 1.165) is 5.56 Å². The maximum Gasteiger partial charge on any atom is 0.251 e. The molecule has 2 rings (SSSR count). The lowest BCUT2D eigenvalue weighted by Gasteiger charge is -2.13. The molecule has 0 saturated heterocycles. The van der Waals surface area contributed by atoms with Crippen LogP contribution < -0.4 is 11.1 Å². The lowest BCUT2D eigenvalue weighted by atomic mass is 10.0. The van der Waals surface area contributed by atoms with Gasteiger partial charge in [0.2, 0.25) is 0 Å². The maximum atomic E-state index is 12.1. The molecular weight excluding hydrogens is 248 g/mol. The van der Waals surface area contributed by atoms with Crippen molar-refractivity contribution in [2.45, 2.75) is 19.8 Å². The number of carbonyl (C=O) groups is 1. The Bertz CT molecular complexity index is 593. The number of amides is 1. The van der Waals surface area contributed by atoms with Gasteiger partial charge in [-0.25, -0.2) is 0 Å². The summed E-state index contributed by atoms with van der Waals surface area (Å²) in [6.45, 7) is 4.62. The summed E-state index contributed by atoms with van der Waals surface area (Å²) in [5.74, 6) is 0.228. The van der Waals surface area contributed by atoms with Gasteiger partial charge in [-0.05, 0) is 42.2 Å². The van der Waals surface area contributed by atoms with E-state index in [4.69, 9.17) is 5.73 Å². The molecular formula is C17H20N2O. The second kappa shape index (κ2) is 6.24. The first-order chi connectivity index (χ1) is 9.58. The minimum Gasteiger partial charge on any atom is -0.399 e. The number of carbonyl (C=O) groups excluding carboxylic acids is 1. The third-order valence-corrected chi connectivity index (χ3v) is 3.47. The number of rotatable bonds is 4. The Hall–Kier alpha value is -2.29. The number of nitrogens with two attached hydrogens (primary N) is 1. The Labute approximate surface area is 119 Å². The van der Waals surface area contributed by atoms with Gasteiger partial charge < -0.3 is 11.1 Å². The molecule has 0 heterocycles. The number of nitrogens with one attached hydrogen (secondary N) is 1. The van der Waals surface area contributed by atoms with Gasteiger partial charge in [-0.15, -0.1) is 0 Å². The van der Waals surface area contributed by atoms with Gasteiger partial charge in [0.05, 0.1) is 0 Å². The SMILES string of the molecule is Cc1cc(C(=O)NCC(C)c2ccccc2)ccc1N. The van der Waals surface area contributed by atoms with Gasteiger partial charge in [0.1, 0.15) is 0 Å². The average Bonchev–Trinajstić information content (AvgIpc) is 2.48. The van der Waals surface area contributed by atoms with Gasteiger partial charge in [0.15, 0.2) is 0 Å². The molecule has 1 atom stereocenters. The summed E-state index contributed by atoms with van der Waals surface area (Å²) < 4.78 is 0. The lowest BCUT2D eigenvalue weighted by Crippen LogP contribution is -2.27. The normalized spacial score (nSPS) is 11.9. The fraction of sp³-hybridized carbons (Fsp3) is 0.235. The largest absolute Gasteiger partial charge is 0.399 e. The van der Waals surface area contributed by atoms with Crippen molar-refractivity contribution < 1.29 is 4.79 Å². The highest BCUT2D eigenvalue weighted by molar-refractivity contribution is 5.94. The molecule has 1 unspecified atom stereocenters. The van der Waals surface area contributed by atoms with E-state index in [0.29, 0.717) is 17.8 Å². The van der Waals surface area contributed by atoms with Gasteiger partial charge >= 0.3 is 0 Å². The van der Waals surface area contributed by atoms with Crippen LogP contribution in [0, 0.1) is 6.92 Å². The molecule has 0 aliphatic rings. The van der Waals surface area contributed by atoms with Gasteiger partial charge in [-0.2, -0.15) is 0 Å². The second-order valence-corrected chi connectivity index (χ2v) is 5.09. The van der Waals surface area contributed by atoms with Crippen molar-refractivity contribution in [1.82, 2.24) is 5.32 Å². The summed E-state index contributed by atoms with van der Waals surface area (Å²) >= 11 is 0. The van der Waals surface area contributed by atoms with Crippen LogP contribution in [0.25, 0.3) is 0 Å². The molecule has 0 spiro atoms. The Morgan fingerprint density at radius 3 is 2.55 bits per heavy atom. The first-order valence-electron chi connectivity index (χ1n) is 6.77. The molecule has 3 nitrogen and oxygen atoms in total. The van der Waals surface area contributed by atoms with E-state index in [2.05, 4.69) is 24.4 Å². The third-order valence-electron chi connectivity index (χ3n) is 3.47. The molecule has 3 heteroatoms. The van der Waals surface area contributed by atoms with Crippen molar-refractivity contribution in [1.29, 1.82) is 0 Å². The first-order valence-corrected chi connectivity index (χ1v) is 6.77. The number of anilines is 1. The van der Waals surface area contributed by atoms with Crippen LogP contribution in [0.1, 0.15) is 34.3 Å². The molecule has 2 aromatic rings. The quantitative estimate of drug-likeness (QED) is 0.837. The lowest BCUT2D eigenvalue weighted by molar-refractivity contribution is 0.0951. The third kappa shape index (κ3) is 3.38. The predicted octanol–water partition coefficient (Wildman–Crippen LogP) is 3.11. The molecule has 0 fully saturated rings. The molecule has 0 radical (unpaired) electrons. The monoisotopic (exact) mass is 268 g/mol. The van der Waals surface area contributed by atoms with E-state index in [1.54, 1.807) is 12.1 Å². The summed E-state index contributed by atoms with van der Waals surface area (Å²) in [6, 6.07) is 15.5. The van der Waals surface area contributed by atoms with Gasteiger partial charge in [-0.3, -0.25) is 4.79 Å². The van der Waals surface area contributed by atoms with E-state index in [9.17, 15) is 4.79 Å².